The minimum absolute atomic E-state index is 0.0210. The fourth-order valence-electron chi connectivity index (χ4n) is 3.24. The normalized spacial score (nSPS) is 10.8. The topological polar surface area (TPSA) is 38.1 Å². The van der Waals surface area contributed by atoms with Crippen LogP contribution in [0.1, 0.15) is 34.2 Å². The first-order valence-corrected chi connectivity index (χ1v) is 8.95. The number of amides is 1. The molecule has 26 heavy (non-hydrogen) atoms. The van der Waals surface area contributed by atoms with Gasteiger partial charge in [-0.25, -0.2) is 0 Å². The third-order valence-corrected chi connectivity index (χ3v) is 4.81. The van der Waals surface area contributed by atoms with E-state index < -0.39 is 0 Å². The maximum absolute atomic E-state index is 12.8. The van der Waals surface area contributed by atoms with Crippen molar-refractivity contribution in [2.75, 3.05) is 7.05 Å². The van der Waals surface area contributed by atoms with E-state index in [2.05, 4.69) is 31.1 Å². The van der Waals surface area contributed by atoms with Gasteiger partial charge in [0, 0.05) is 37.0 Å². The lowest BCUT2D eigenvalue weighted by molar-refractivity contribution is 0.0784. The third kappa shape index (κ3) is 3.54. The minimum Gasteiger partial charge on any atom is -0.337 e. The van der Waals surface area contributed by atoms with E-state index in [1.165, 1.54) is 0 Å². The first-order valence-electron chi connectivity index (χ1n) is 8.95. The highest BCUT2D eigenvalue weighted by Crippen LogP contribution is 2.21. The summed E-state index contributed by atoms with van der Waals surface area (Å²) in [5, 5.41) is 4.54. The molecule has 0 aliphatic rings. The quantitative estimate of drug-likeness (QED) is 0.683. The first kappa shape index (κ1) is 17.9. The van der Waals surface area contributed by atoms with Gasteiger partial charge in [-0.05, 0) is 44.0 Å². The molecule has 1 heterocycles. The smallest absolute Gasteiger partial charge is 0.253 e. The molecule has 0 spiro atoms. The van der Waals surface area contributed by atoms with Crippen LogP contribution in [0.15, 0.2) is 54.6 Å². The Morgan fingerprint density at radius 3 is 2.19 bits per heavy atom. The Hall–Kier alpha value is -2.88. The number of hydrogen-bond donors (Lipinski definition) is 0. The van der Waals surface area contributed by atoms with Crippen LogP contribution in [0.4, 0.5) is 0 Å². The molecule has 0 aliphatic carbocycles. The molecule has 0 bridgehead atoms. The summed E-state index contributed by atoms with van der Waals surface area (Å²) in [7, 11) is 1.84. The summed E-state index contributed by atoms with van der Waals surface area (Å²) in [6.45, 7) is 7.54. The Balaban J connectivity index is 1.76. The number of aromatic nitrogens is 2. The zero-order valence-electron chi connectivity index (χ0n) is 15.9. The van der Waals surface area contributed by atoms with Gasteiger partial charge >= 0.3 is 0 Å². The van der Waals surface area contributed by atoms with E-state index in [9.17, 15) is 4.79 Å². The fourth-order valence-corrected chi connectivity index (χ4v) is 3.24. The highest BCUT2D eigenvalue weighted by molar-refractivity contribution is 5.94. The summed E-state index contributed by atoms with van der Waals surface area (Å²) in [4.78, 5) is 14.6. The van der Waals surface area contributed by atoms with E-state index in [0.717, 1.165) is 34.6 Å². The molecule has 4 nitrogen and oxygen atoms in total. The molecule has 0 fully saturated rings. The van der Waals surface area contributed by atoms with Crippen molar-refractivity contribution in [1.82, 2.24) is 14.7 Å². The molecule has 0 saturated heterocycles. The molecule has 0 atom stereocenters. The summed E-state index contributed by atoms with van der Waals surface area (Å²) < 4.78 is 1.98. The average molecular weight is 347 g/mol. The van der Waals surface area contributed by atoms with Gasteiger partial charge in [0.2, 0.25) is 0 Å². The second-order valence-electron chi connectivity index (χ2n) is 6.57. The Morgan fingerprint density at radius 2 is 1.62 bits per heavy atom. The van der Waals surface area contributed by atoms with Crippen LogP contribution in [-0.2, 0) is 13.1 Å². The third-order valence-electron chi connectivity index (χ3n) is 4.81. The average Bonchev–Trinajstić information content (AvgIpc) is 2.95. The van der Waals surface area contributed by atoms with Gasteiger partial charge in [0.1, 0.15) is 0 Å². The zero-order chi connectivity index (χ0) is 18.7. The molecule has 3 aromatic rings. The molecule has 134 valence electrons. The van der Waals surface area contributed by atoms with E-state index >= 15 is 0 Å². The van der Waals surface area contributed by atoms with Crippen LogP contribution in [0.2, 0.25) is 0 Å². The van der Waals surface area contributed by atoms with Gasteiger partial charge in [-0.2, -0.15) is 5.10 Å². The molecule has 3 rings (SSSR count). The van der Waals surface area contributed by atoms with Crippen LogP contribution < -0.4 is 0 Å². The number of benzene rings is 2. The van der Waals surface area contributed by atoms with E-state index in [4.69, 9.17) is 0 Å². The number of aryl methyl sites for hydroxylation is 2. The van der Waals surface area contributed by atoms with Gasteiger partial charge in [0.05, 0.1) is 5.69 Å². The standard InChI is InChI=1S/C22H25N3O/c1-5-25-17(3)21(16(2)23-25)15-24(4)22(26)20-13-11-19(12-14-20)18-9-7-6-8-10-18/h6-14H,5,15H2,1-4H3. The highest BCUT2D eigenvalue weighted by atomic mass is 16.2. The molecular formula is C22H25N3O. The molecule has 4 heteroatoms. The molecule has 0 N–H and O–H groups in total. The molecular weight excluding hydrogens is 322 g/mol. The summed E-state index contributed by atoms with van der Waals surface area (Å²) in [6, 6.07) is 18.0. The van der Waals surface area contributed by atoms with Crippen LogP contribution in [0.3, 0.4) is 0 Å². The van der Waals surface area contributed by atoms with Gasteiger partial charge in [0.15, 0.2) is 0 Å². The van der Waals surface area contributed by atoms with Gasteiger partial charge in [-0.1, -0.05) is 42.5 Å². The van der Waals surface area contributed by atoms with E-state index in [-0.39, 0.29) is 5.91 Å². The lowest BCUT2D eigenvalue weighted by Gasteiger charge is -2.18. The Kier molecular flexibility index (Phi) is 5.21. The van der Waals surface area contributed by atoms with Crippen LogP contribution in [0.25, 0.3) is 11.1 Å². The molecule has 0 aliphatic heterocycles. The number of carbonyl (C=O) groups excluding carboxylic acids is 1. The zero-order valence-corrected chi connectivity index (χ0v) is 15.9. The van der Waals surface area contributed by atoms with Crippen molar-refractivity contribution in [3.63, 3.8) is 0 Å². The molecule has 1 aromatic heterocycles. The number of nitrogens with zero attached hydrogens (tertiary/aromatic N) is 3. The largest absolute Gasteiger partial charge is 0.337 e. The summed E-state index contributed by atoms with van der Waals surface area (Å²) >= 11 is 0. The van der Waals surface area contributed by atoms with Crippen molar-refractivity contribution in [2.45, 2.75) is 33.9 Å². The van der Waals surface area contributed by atoms with Crippen molar-refractivity contribution < 1.29 is 4.79 Å². The maximum Gasteiger partial charge on any atom is 0.253 e. The predicted molar refractivity (Wildman–Crippen MR) is 105 cm³/mol. The fraction of sp³-hybridized carbons (Fsp3) is 0.273. The van der Waals surface area contributed by atoms with Gasteiger partial charge < -0.3 is 4.90 Å². The van der Waals surface area contributed by atoms with E-state index in [0.29, 0.717) is 12.1 Å². The van der Waals surface area contributed by atoms with Crippen LogP contribution in [0.5, 0.6) is 0 Å². The number of rotatable bonds is 5. The molecule has 0 radical (unpaired) electrons. The van der Waals surface area contributed by atoms with Crippen molar-refractivity contribution in [3.05, 3.63) is 77.1 Å². The maximum atomic E-state index is 12.8. The predicted octanol–water partition coefficient (Wildman–Crippen LogP) is 4.46. The highest BCUT2D eigenvalue weighted by Gasteiger charge is 2.17. The van der Waals surface area contributed by atoms with Crippen LogP contribution in [0, 0.1) is 13.8 Å². The monoisotopic (exact) mass is 347 g/mol. The summed E-state index contributed by atoms with van der Waals surface area (Å²) in [5.41, 5.74) is 6.21. The Bertz CT molecular complexity index is 895. The lowest BCUT2D eigenvalue weighted by atomic mass is 10.0. The number of carbonyl (C=O) groups is 1. The molecule has 2 aromatic carbocycles. The Morgan fingerprint density at radius 1 is 1.00 bits per heavy atom. The van der Waals surface area contributed by atoms with Gasteiger partial charge in [-0.3, -0.25) is 9.48 Å². The van der Waals surface area contributed by atoms with Gasteiger partial charge in [-0.15, -0.1) is 0 Å². The van der Waals surface area contributed by atoms with Gasteiger partial charge in [0.25, 0.3) is 5.91 Å². The van der Waals surface area contributed by atoms with Crippen molar-refractivity contribution in [2.24, 2.45) is 0 Å². The van der Waals surface area contributed by atoms with Crippen molar-refractivity contribution in [1.29, 1.82) is 0 Å². The van der Waals surface area contributed by atoms with E-state index in [1.807, 2.05) is 61.1 Å². The summed E-state index contributed by atoms with van der Waals surface area (Å²) in [6.07, 6.45) is 0. The summed E-state index contributed by atoms with van der Waals surface area (Å²) in [5.74, 6) is 0.0210. The second-order valence-corrected chi connectivity index (χ2v) is 6.57. The first-order chi connectivity index (χ1) is 12.5. The molecule has 1 amide bonds. The van der Waals surface area contributed by atoms with Crippen molar-refractivity contribution in [3.8, 4) is 11.1 Å². The minimum atomic E-state index is 0.0210. The number of hydrogen-bond acceptors (Lipinski definition) is 2. The lowest BCUT2D eigenvalue weighted by Crippen LogP contribution is -2.26. The second kappa shape index (κ2) is 7.56. The molecule has 0 unspecified atom stereocenters. The van der Waals surface area contributed by atoms with Crippen molar-refractivity contribution >= 4 is 5.91 Å². The van der Waals surface area contributed by atoms with E-state index in [1.54, 1.807) is 4.90 Å². The van der Waals surface area contributed by atoms with Crippen LogP contribution >= 0.6 is 0 Å². The van der Waals surface area contributed by atoms with Crippen LogP contribution in [-0.4, -0.2) is 27.6 Å². The SMILES string of the molecule is CCn1nc(C)c(CN(C)C(=O)c2ccc(-c3ccccc3)cc2)c1C. The Labute approximate surface area is 155 Å². The molecule has 0 saturated carbocycles.